The minimum Gasteiger partial charge on any atom is -0.410 e. The summed E-state index contributed by atoms with van der Waals surface area (Å²) in [5.41, 5.74) is 4.74. The summed E-state index contributed by atoms with van der Waals surface area (Å²) in [6.07, 6.45) is 0.903. The van der Waals surface area contributed by atoms with E-state index >= 15 is 0 Å². The van der Waals surface area contributed by atoms with Crippen molar-refractivity contribution in [2.45, 2.75) is 97.6 Å². The minimum atomic E-state index is -2.03. The summed E-state index contributed by atoms with van der Waals surface area (Å²) < 4.78 is 21.6. The molecule has 0 radical (unpaired) electrons. The number of nitrogens with zero attached hydrogens (tertiary/aromatic N) is 1. The van der Waals surface area contributed by atoms with Gasteiger partial charge in [-0.25, -0.2) is 4.39 Å². The van der Waals surface area contributed by atoms with Crippen molar-refractivity contribution in [2.75, 3.05) is 0 Å². The number of pyridine rings is 1. The zero-order valence-corrected chi connectivity index (χ0v) is 24.7. The van der Waals surface area contributed by atoms with Crippen LogP contribution in [0.1, 0.15) is 101 Å². The van der Waals surface area contributed by atoms with E-state index in [0.717, 1.165) is 38.9 Å². The number of fused-ring (bicyclic) bond motifs is 1. The molecule has 0 bridgehead atoms. The quantitative estimate of drug-likeness (QED) is 0.286. The average molecular weight is 584 g/mol. The van der Waals surface area contributed by atoms with Crippen LogP contribution >= 0.6 is 22.6 Å². The zero-order chi connectivity index (χ0) is 24.9. The normalized spacial score (nSPS) is 19.5. The molecule has 1 unspecified atom stereocenters. The summed E-state index contributed by atoms with van der Waals surface area (Å²) in [5, 5.41) is 11.5. The fraction of sp³-hybridized carbons (Fsp3) is 0.593. The molecule has 1 aromatic heterocycles. The Morgan fingerprint density at radius 3 is 2.27 bits per heavy atom. The minimum absolute atomic E-state index is 0.0515. The predicted octanol–water partition coefficient (Wildman–Crippen LogP) is 8.07. The van der Waals surface area contributed by atoms with E-state index < -0.39 is 14.4 Å². The van der Waals surface area contributed by atoms with Crippen molar-refractivity contribution in [2.24, 2.45) is 5.41 Å². The van der Waals surface area contributed by atoms with E-state index in [-0.39, 0.29) is 28.3 Å². The van der Waals surface area contributed by atoms with Crippen LogP contribution < -0.4 is 0 Å². The lowest BCUT2D eigenvalue weighted by Crippen LogP contribution is -2.44. The number of rotatable bonds is 5. The molecule has 0 saturated heterocycles. The van der Waals surface area contributed by atoms with Gasteiger partial charge in [0.15, 0.2) is 8.32 Å². The smallest absolute Gasteiger partial charge is 0.192 e. The summed E-state index contributed by atoms with van der Waals surface area (Å²) in [5.74, 6) is -0.155. The second-order valence-corrected chi connectivity index (χ2v) is 17.9. The van der Waals surface area contributed by atoms with Crippen molar-refractivity contribution in [3.63, 3.8) is 0 Å². The molecule has 1 aromatic carbocycles. The summed E-state index contributed by atoms with van der Waals surface area (Å²) in [4.78, 5) is 5.17. The van der Waals surface area contributed by atoms with E-state index in [4.69, 9.17) is 9.41 Å². The Kier molecular flexibility index (Phi) is 7.56. The first-order valence-electron chi connectivity index (χ1n) is 11.9. The highest BCUT2D eigenvalue weighted by atomic mass is 127. The molecule has 1 N–H and O–H groups in total. The number of aromatic nitrogens is 1. The van der Waals surface area contributed by atoms with Crippen LogP contribution in [0.25, 0.3) is 0 Å². The van der Waals surface area contributed by atoms with Gasteiger partial charge >= 0.3 is 0 Å². The van der Waals surface area contributed by atoms with Crippen molar-refractivity contribution < 1.29 is 13.9 Å². The maximum atomic E-state index is 13.5. The largest absolute Gasteiger partial charge is 0.410 e. The first kappa shape index (κ1) is 26.8. The van der Waals surface area contributed by atoms with E-state index in [1.54, 1.807) is 12.1 Å². The molecule has 0 spiro atoms. The van der Waals surface area contributed by atoms with Crippen LogP contribution in [0.3, 0.4) is 0 Å². The maximum Gasteiger partial charge on any atom is 0.192 e. The van der Waals surface area contributed by atoms with Crippen LogP contribution in [0.15, 0.2) is 24.3 Å². The molecule has 182 valence electrons. The fourth-order valence-electron chi connectivity index (χ4n) is 4.39. The number of aliphatic hydroxyl groups is 1. The molecule has 2 aromatic rings. The van der Waals surface area contributed by atoms with Crippen molar-refractivity contribution in [3.8, 4) is 0 Å². The van der Waals surface area contributed by atoms with Gasteiger partial charge in [-0.2, -0.15) is 0 Å². The Morgan fingerprint density at radius 2 is 1.76 bits per heavy atom. The van der Waals surface area contributed by atoms with E-state index in [1.165, 1.54) is 12.1 Å². The molecule has 33 heavy (non-hydrogen) atoms. The SMILES string of the molecule is CC(C)c1nc2c(c(I)c1[C@H](O)c1ccc(F)cc1)C(O[Si](C)(C)C(C)(C)C)CC(C)(C)C2. The van der Waals surface area contributed by atoms with Crippen LogP contribution in [0.4, 0.5) is 4.39 Å². The molecule has 0 aliphatic heterocycles. The van der Waals surface area contributed by atoms with Gasteiger partial charge < -0.3 is 9.53 Å². The van der Waals surface area contributed by atoms with Gasteiger partial charge in [-0.1, -0.05) is 60.6 Å². The van der Waals surface area contributed by atoms with Crippen LogP contribution in [-0.4, -0.2) is 18.4 Å². The number of halogens is 2. The second-order valence-electron chi connectivity index (χ2n) is 12.1. The number of hydrogen-bond acceptors (Lipinski definition) is 3. The van der Waals surface area contributed by atoms with Gasteiger partial charge in [0.05, 0.1) is 11.8 Å². The predicted molar refractivity (Wildman–Crippen MR) is 145 cm³/mol. The monoisotopic (exact) mass is 583 g/mol. The molecule has 2 atom stereocenters. The van der Waals surface area contributed by atoms with Crippen LogP contribution in [0, 0.1) is 14.8 Å². The Balaban J connectivity index is 2.21. The van der Waals surface area contributed by atoms with Crippen molar-refractivity contribution in [1.29, 1.82) is 0 Å². The van der Waals surface area contributed by atoms with E-state index in [2.05, 4.69) is 84.2 Å². The highest BCUT2D eigenvalue weighted by Gasteiger charge is 2.44. The van der Waals surface area contributed by atoms with Gasteiger partial charge in [0.25, 0.3) is 0 Å². The molecule has 1 aliphatic carbocycles. The highest BCUT2D eigenvalue weighted by molar-refractivity contribution is 14.1. The Bertz CT molecular complexity index is 1010. The van der Waals surface area contributed by atoms with Gasteiger partial charge in [0.2, 0.25) is 0 Å². The maximum absolute atomic E-state index is 13.5. The first-order valence-corrected chi connectivity index (χ1v) is 15.9. The van der Waals surface area contributed by atoms with Crippen molar-refractivity contribution in [1.82, 2.24) is 4.98 Å². The molecular formula is C27H39FINO2Si. The lowest BCUT2D eigenvalue weighted by atomic mass is 9.74. The Labute approximate surface area is 213 Å². The lowest BCUT2D eigenvalue weighted by molar-refractivity contribution is 0.104. The first-order chi connectivity index (χ1) is 15.0. The van der Waals surface area contributed by atoms with E-state index in [0.29, 0.717) is 5.56 Å². The Morgan fingerprint density at radius 1 is 1.18 bits per heavy atom. The molecule has 1 heterocycles. The topological polar surface area (TPSA) is 42.4 Å². The van der Waals surface area contributed by atoms with E-state index in [9.17, 15) is 9.50 Å². The van der Waals surface area contributed by atoms with Crippen LogP contribution in [-0.2, 0) is 10.8 Å². The average Bonchev–Trinajstić information content (AvgIpc) is 2.65. The number of benzene rings is 1. The molecule has 3 nitrogen and oxygen atoms in total. The molecule has 0 fully saturated rings. The van der Waals surface area contributed by atoms with Crippen molar-refractivity contribution >= 4 is 30.9 Å². The summed E-state index contributed by atoms with van der Waals surface area (Å²) in [6.45, 7) is 20.2. The molecular weight excluding hydrogens is 544 g/mol. The fourth-order valence-corrected chi connectivity index (χ4v) is 6.88. The third-order valence-corrected chi connectivity index (χ3v) is 12.9. The van der Waals surface area contributed by atoms with Gasteiger partial charge in [-0.3, -0.25) is 4.98 Å². The van der Waals surface area contributed by atoms with Crippen LogP contribution in [0.5, 0.6) is 0 Å². The summed E-state index contributed by atoms with van der Waals surface area (Å²) in [7, 11) is -2.03. The lowest BCUT2D eigenvalue weighted by Gasteiger charge is -2.44. The molecule has 0 amide bonds. The second kappa shape index (κ2) is 9.32. The highest BCUT2D eigenvalue weighted by Crippen LogP contribution is 2.50. The zero-order valence-electron chi connectivity index (χ0n) is 21.5. The van der Waals surface area contributed by atoms with Crippen molar-refractivity contribution in [3.05, 3.63) is 61.7 Å². The van der Waals surface area contributed by atoms with E-state index in [1.807, 2.05) is 0 Å². The standard InChI is InChI=1S/C27H39FINO2Si/c1-16(2)24-22(25(31)17-10-12-18(28)13-11-17)23(29)21-19(30-24)14-27(6,7)15-20(21)32-33(8,9)26(3,4)5/h10-13,16,20,25,31H,14-15H2,1-9H3/t20?,25-/m1/s1. The molecule has 3 rings (SSSR count). The van der Waals surface area contributed by atoms with Gasteiger partial charge in [0, 0.05) is 20.4 Å². The summed E-state index contributed by atoms with van der Waals surface area (Å²) in [6, 6.07) is 6.12. The van der Waals surface area contributed by atoms with Gasteiger partial charge in [-0.05, 0) is 82.6 Å². The van der Waals surface area contributed by atoms with Gasteiger partial charge in [0.1, 0.15) is 11.9 Å². The van der Waals surface area contributed by atoms with Gasteiger partial charge in [-0.15, -0.1) is 0 Å². The third-order valence-electron chi connectivity index (χ3n) is 7.27. The molecule has 0 saturated carbocycles. The number of hydrogen-bond donors (Lipinski definition) is 1. The molecule has 1 aliphatic rings. The Hall–Kier alpha value is -0.833. The number of aliphatic hydroxyl groups excluding tert-OH is 1. The van der Waals surface area contributed by atoms with Crippen LogP contribution in [0.2, 0.25) is 18.1 Å². The third kappa shape index (κ3) is 5.54. The summed E-state index contributed by atoms with van der Waals surface area (Å²) >= 11 is 2.39. The molecule has 6 heteroatoms.